The molecule has 3 aliphatic rings. The lowest BCUT2D eigenvalue weighted by Crippen LogP contribution is -2.50. The van der Waals surface area contributed by atoms with E-state index in [0.29, 0.717) is 43.9 Å². The van der Waals surface area contributed by atoms with Crippen molar-refractivity contribution >= 4 is 12.1 Å². The minimum Gasteiger partial charge on any atom is -0.466 e. The van der Waals surface area contributed by atoms with Crippen molar-refractivity contribution in [2.75, 3.05) is 26.2 Å². The van der Waals surface area contributed by atoms with Crippen molar-refractivity contribution in [3.8, 4) is 0 Å². The van der Waals surface area contributed by atoms with Crippen molar-refractivity contribution in [3.05, 3.63) is 0 Å². The molecule has 2 heterocycles. The maximum Gasteiger partial charge on any atom is 0.407 e. The van der Waals surface area contributed by atoms with Crippen molar-refractivity contribution in [3.63, 3.8) is 0 Å². The van der Waals surface area contributed by atoms with Crippen molar-refractivity contribution in [2.45, 2.75) is 64.0 Å². The van der Waals surface area contributed by atoms with E-state index in [4.69, 9.17) is 9.47 Å². The lowest BCUT2D eigenvalue weighted by atomic mass is 9.84. The zero-order valence-electron chi connectivity index (χ0n) is 14.7. The number of hydrogen-bond donors (Lipinski definition) is 1. The third-order valence-corrected chi connectivity index (χ3v) is 5.69. The summed E-state index contributed by atoms with van der Waals surface area (Å²) in [5, 5.41) is 2.78. The van der Waals surface area contributed by atoms with Gasteiger partial charge in [0, 0.05) is 31.5 Å². The van der Waals surface area contributed by atoms with Gasteiger partial charge in [0.2, 0.25) is 0 Å². The number of carbonyl (C=O) groups is 2. The molecule has 6 heteroatoms. The molecule has 24 heavy (non-hydrogen) atoms. The quantitative estimate of drug-likeness (QED) is 0.595. The van der Waals surface area contributed by atoms with Crippen LogP contribution in [0.1, 0.15) is 51.9 Å². The topological polar surface area (TPSA) is 67.9 Å². The van der Waals surface area contributed by atoms with Gasteiger partial charge in [-0.2, -0.15) is 0 Å². The number of nitrogens with zero attached hydrogens (tertiary/aromatic N) is 1. The number of ether oxygens (including phenoxy) is 2. The van der Waals surface area contributed by atoms with Crippen LogP contribution in [0.4, 0.5) is 4.79 Å². The Balaban J connectivity index is 1.39. The van der Waals surface area contributed by atoms with Crippen LogP contribution < -0.4 is 5.32 Å². The number of piperidine rings is 2. The SMILES string of the molecule is CCOC(=O)CCCNC(=O)O[C@@H]1C[C@H]2C[C@@H]1[C@H]1CCCCN1C2. The highest BCUT2D eigenvalue weighted by atomic mass is 16.6. The van der Waals surface area contributed by atoms with Gasteiger partial charge < -0.3 is 14.8 Å². The van der Waals surface area contributed by atoms with Crippen molar-refractivity contribution in [1.82, 2.24) is 10.2 Å². The molecule has 2 bridgehead atoms. The van der Waals surface area contributed by atoms with Gasteiger partial charge in [0.1, 0.15) is 6.10 Å². The van der Waals surface area contributed by atoms with Gasteiger partial charge in [-0.05, 0) is 51.5 Å². The maximum absolute atomic E-state index is 12.1. The Bertz CT molecular complexity index is 456. The van der Waals surface area contributed by atoms with E-state index in [9.17, 15) is 9.59 Å². The summed E-state index contributed by atoms with van der Waals surface area (Å²) in [6, 6.07) is 0.610. The normalized spacial score (nSPS) is 32.0. The predicted molar refractivity (Wildman–Crippen MR) is 89.6 cm³/mol. The summed E-state index contributed by atoms with van der Waals surface area (Å²) in [7, 11) is 0. The molecule has 1 saturated carbocycles. The summed E-state index contributed by atoms with van der Waals surface area (Å²) in [6.45, 7) is 5.04. The van der Waals surface area contributed by atoms with E-state index in [-0.39, 0.29) is 18.2 Å². The average Bonchev–Trinajstić information content (AvgIpc) is 2.89. The maximum atomic E-state index is 12.1. The molecule has 0 radical (unpaired) electrons. The van der Waals surface area contributed by atoms with Crippen LogP contribution in [0.5, 0.6) is 0 Å². The second-order valence-corrected chi connectivity index (χ2v) is 7.34. The van der Waals surface area contributed by atoms with E-state index in [1.807, 2.05) is 0 Å². The fourth-order valence-corrected chi connectivity index (χ4v) is 4.72. The first-order valence-electron chi connectivity index (χ1n) is 9.51. The molecule has 4 atom stereocenters. The molecule has 136 valence electrons. The Morgan fingerprint density at radius 2 is 2.12 bits per heavy atom. The molecule has 1 N–H and O–H groups in total. The van der Waals surface area contributed by atoms with Crippen LogP contribution in [0.15, 0.2) is 0 Å². The molecule has 0 unspecified atom stereocenters. The third kappa shape index (κ3) is 4.21. The molecule has 0 aromatic rings. The van der Waals surface area contributed by atoms with Gasteiger partial charge >= 0.3 is 12.1 Å². The number of rotatable bonds is 6. The molecule has 2 saturated heterocycles. The first-order valence-corrected chi connectivity index (χ1v) is 9.51. The van der Waals surface area contributed by atoms with E-state index in [1.165, 1.54) is 38.8 Å². The van der Waals surface area contributed by atoms with Crippen LogP contribution in [0, 0.1) is 11.8 Å². The van der Waals surface area contributed by atoms with Gasteiger partial charge in [-0.25, -0.2) is 4.79 Å². The molecule has 1 aliphatic carbocycles. The summed E-state index contributed by atoms with van der Waals surface area (Å²) in [4.78, 5) is 25.9. The van der Waals surface area contributed by atoms with Gasteiger partial charge in [-0.3, -0.25) is 9.69 Å². The highest BCUT2D eigenvalue weighted by molar-refractivity contribution is 5.70. The lowest BCUT2D eigenvalue weighted by molar-refractivity contribution is -0.143. The predicted octanol–water partition coefficient (Wildman–Crippen LogP) is 2.32. The van der Waals surface area contributed by atoms with Crippen LogP contribution in [0.3, 0.4) is 0 Å². The Labute approximate surface area is 144 Å². The summed E-state index contributed by atoms with van der Waals surface area (Å²) < 4.78 is 10.6. The summed E-state index contributed by atoms with van der Waals surface area (Å²) in [5.74, 6) is 0.981. The first kappa shape index (κ1) is 17.5. The Kier molecular flexibility index (Phi) is 5.98. The lowest BCUT2D eigenvalue weighted by Gasteiger charge is -2.43. The zero-order valence-corrected chi connectivity index (χ0v) is 14.7. The standard InChI is InChI=1S/C18H30N2O4/c1-2-23-17(21)7-5-8-19-18(22)24-16-11-13-10-14(16)15-6-3-4-9-20(15)12-13/h13-16H,2-12H2,1H3,(H,19,22)/t13-,14-,15-,16-/m1/s1. The number of esters is 1. The second-order valence-electron chi connectivity index (χ2n) is 7.34. The Morgan fingerprint density at radius 3 is 2.96 bits per heavy atom. The fourth-order valence-electron chi connectivity index (χ4n) is 4.72. The molecule has 6 nitrogen and oxygen atoms in total. The minimum absolute atomic E-state index is 0.0631. The number of amides is 1. The van der Waals surface area contributed by atoms with Crippen LogP contribution in [0.2, 0.25) is 0 Å². The molecular weight excluding hydrogens is 308 g/mol. The molecular formula is C18H30N2O4. The average molecular weight is 338 g/mol. The molecule has 3 fully saturated rings. The summed E-state index contributed by atoms with van der Waals surface area (Å²) in [6.07, 6.45) is 6.72. The number of hydrogen-bond acceptors (Lipinski definition) is 5. The summed E-state index contributed by atoms with van der Waals surface area (Å²) >= 11 is 0. The highest BCUT2D eigenvalue weighted by Gasteiger charge is 2.48. The highest BCUT2D eigenvalue weighted by Crippen LogP contribution is 2.44. The zero-order chi connectivity index (χ0) is 16.9. The molecule has 0 spiro atoms. The molecule has 0 aromatic heterocycles. The van der Waals surface area contributed by atoms with E-state index >= 15 is 0 Å². The van der Waals surface area contributed by atoms with E-state index in [2.05, 4.69) is 10.2 Å². The molecule has 1 amide bonds. The number of nitrogens with one attached hydrogen (secondary N) is 1. The third-order valence-electron chi connectivity index (χ3n) is 5.69. The van der Waals surface area contributed by atoms with Gasteiger partial charge in [0.05, 0.1) is 6.61 Å². The Morgan fingerprint density at radius 1 is 1.25 bits per heavy atom. The smallest absolute Gasteiger partial charge is 0.407 e. The van der Waals surface area contributed by atoms with Gasteiger partial charge in [0.25, 0.3) is 0 Å². The Hall–Kier alpha value is -1.30. The van der Waals surface area contributed by atoms with E-state index in [1.54, 1.807) is 6.92 Å². The van der Waals surface area contributed by atoms with Gasteiger partial charge in [0.15, 0.2) is 0 Å². The van der Waals surface area contributed by atoms with Crippen molar-refractivity contribution < 1.29 is 19.1 Å². The first-order chi connectivity index (χ1) is 11.7. The van der Waals surface area contributed by atoms with Crippen molar-refractivity contribution in [1.29, 1.82) is 0 Å². The van der Waals surface area contributed by atoms with Crippen LogP contribution >= 0.6 is 0 Å². The van der Waals surface area contributed by atoms with E-state index in [0.717, 1.165) is 6.42 Å². The van der Waals surface area contributed by atoms with Crippen LogP contribution in [-0.2, 0) is 14.3 Å². The monoisotopic (exact) mass is 338 g/mol. The molecule has 3 rings (SSSR count). The fraction of sp³-hybridized carbons (Fsp3) is 0.889. The van der Waals surface area contributed by atoms with E-state index < -0.39 is 0 Å². The van der Waals surface area contributed by atoms with Crippen LogP contribution in [0.25, 0.3) is 0 Å². The number of fused-ring (bicyclic) bond motifs is 4. The molecule has 0 aromatic carbocycles. The van der Waals surface area contributed by atoms with Gasteiger partial charge in [-0.15, -0.1) is 0 Å². The number of carbonyl (C=O) groups excluding carboxylic acids is 2. The van der Waals surface area contributed by atoms with Crippen molar-refractivity contribution in [2.24, 2.45) is 11.8 Å². The summed E-state index contributed by atoms with van der Waals surface area (Å²) in [5.41, 5.74) is 0. The minimum atomic E-state index is -0.334. The largest absolute Gasteiger partial charge is 0.466 e. The number of alkyl carbamates (subject to hydrolysis) is 1. The second kappa shape index (κ2) is 8.19. The molecule has 2 aliphatic heterocycles. The van der Waals surface area contributed by atoms with Gasteiger partial charge in [-0.1, -0.05) is 6.42 Å². The van der Waals surface area contributed by atoms with Crippen LogP contribution in [-0.4, -0.2) is 55.3 Å².